The Morgan fingerprint density at radius 1 is 0.605 bits per heavy atom. The number of nitrogens with zero attached hydrogens (tertiary/aromatic N) is 3. The summed E-state index contributed by atoms with van der Waals surface area (Å²) in [5.41, 5.74) is 0. The van der Waals surface area contributed by atoms with Crippen LogP contribution < -0.4 is 0 Å². The quantitative estimate of drug-likeness (QED) is 0.0667. The summed E-state index contributed by atoms with van der Waals surface area (Å²) in [7, 11) is 4.56. The van der Waals surface area contributed by atoms with Crippen molar-refractivity contribution in [1.82, 2.24) is 15.2 Å². The highest BCUT2D eigenvalue weighted by atomic mass is 16.7. The number of rotatable bonds is 17. The van der Waals surface area contributed by atoms with Gasteiger partial charge in [0.25, 0.3) is 0 Å². The van der Waals surface area contributed by atoms with Gasteiger partial charge in [-0.2, -0.15) is 0 Å². The lowest BCUT2D eigenvalue weighted by Gasteiger charge is -2.43. The molecule has 4 N–H and O–H groups in total. The van der Waals surface area contributed by atoms with Crippen LogP contribution in [0.4, 0.5) is 0 Å². The van der Waals surface area contributed by atoms with Crippen LogP contribution in [0.1, 0.15) is 57.8 Å². The van der Waals surface area contributed by atoms with E-state index in [1.807, 2.05) is 0 Å². The van der Waals surface area contributed by atoms with E-state index in [0.717, 1.165) is 21.1 Å². The van der Waals surface area contributed by atoms with E-state index in [-0.39, 0.29) is 57.8 Å². The van der Waals surface area contributed by atoms with Crippen molar-refractivity contribution in [2.24, 2.45) is 0 Å². The van der Waals surface area contributed by atoms with Crippen molar-refractivity contribution in [3.8, 4) is 0 Å². The maximum absolute atomic E-state index is 12.8. The van der Waals surface area contributed by atoms with E-state index >= 15 is 0 Å². The van der Waals surface area contributed by atoms with Crippen LogP contribution in [0, 0.1) is 0 Å². The van der Waals surface area contributed by atoms with E-state index in [1.54, 1.807) is 0 Å². The Balaban J connectivity index is 3.14. The fraction of sp³-hybridized carbons (Fsp3) is 0.760. The van der Waals surface area contributed by atoms with Gasteiger partial charge in [-0.3, -0.25) is 44.4 Å². The number of hydroxylamine groups is 6. The van der Waals surface area contributed by atoms with Gasteiger partial charge in [0.15, 0.2) is 24.6 Å². The fourth-order valence-electron chi connectivity index (χ4n) is 3.89. The molecule has 0 aliphatic carbocycles. The van der Waals surface area contributed by atoms with Crippen LogP contribution in [0.2, 0.25) is 0 Å². The van der Waals surface area contributed by atoms with Crippen LogP contribution in [-0.2, 0) is 52.5 Å². The molecule has 18 nitrogen and oxygen atoms in total. The summed E-state index contributed by atoms with van der Waals surface area (Å²) in [6.07, 6.45) is -8.87. The first-order valence-electron chi connectivity index (χ1n) is 13.5. The third kappa shape index (κ3) is 13.2. The SMILES string of the molecule is CO[C@H]1O[C@H](CO)[C@@H](OC(=O)CCCC(=O)N(C)O)[C@H](OC(=O)CCCC(=O)N(C)O)[C@H]1OC(=O)CCCC(=O)N(C)O. The molecule has 0 unspecified atom stereocenters. The van der Waals surface area contributed by atoms with Gasteiger partial charge in [0, 0.05) is 66.8 Å². The number of aliphatic hydroxyl groups is 1. The van der Waals surface area contributed by atoms with E-state index in [0.29, 0.717) is 15.2 Å². The summed E-state index contributed by atoms with van der Waals surface area (Å²) in [5, 5.41) is 38.6. The van der Waals surface area contributed by atoms with Gasteiger partial charge in [-0.25, -0.2) is 15.2 Å². The predicted molar refractivity (Wildman–Crippen MR) is 138 cm³/mol. The molecule has 0 aromatic heterocycles. The number of esters is 3. The van der Waals surface area contributed by atoms with E-state index in [2.05, 4.69) is 0 Å². The van der Waals surface area contributed by atoms with Crippen LogP contribution in [0.15, 0.2) is 0 Å². The van der Waals surface area contributed by atoms with Crippen molar-refractivity contribution in [3.63, 3.8) is 0 Å². The van der Waals surface area contributed by atoms with Gasteiger partial charge in [-0.1, -0.05) is 0 Å². The summed E-state index contributed by atoms with van der Waals surface area (Å²) in [6, 6.07) is 0. The molecule has 18 heteroatoms. The average Bonchev–Trinajstić information content (AvgIpc) is 2.94. The first kappa shape index (κ1) is 37.6. The van der Waals surface area contributed by atoms with Crippen molar-refractivity contribution in [2.45, 2.75) is 88.5 Å². The molecule has 5 atom stereocenters. The summed E-state index contributed by atoms with van der Waals surface area (Å²) < 4.78 is 27.3. The molecule has 0 aromatic rings. The Morgan fingerprint density at radius 2 is 0.953 bits per heavy atom. The summed E-state index contributed by atoms with van der Waals surface area (Å²) in [5.74, 6) is -4.61. The van der Waals surface area contributed by atoms with Crippen molar-refractivity contribution in [1.29, 1.82) is 0 Å². The summed E-state index contributed by atoms with van der Waals surface area (Å²) in [4.78, 5) is 72.9. The zero-order chi connectivity index (χ0) is 32.7. The molecule has 0 aromatic carbocycles. The molecule has 0 saturated carbocycles. The standard InChI is InChI=1S/C25H41N3O15/c1-26(36)16(30)8-5-11-19(33)41-22-15(14-29)40-25(39-4)24(43-21(35)13-7-10-18(32)28(3)38)23(22)42-20(34)12-6-9-17(31)27(2)37/h15,22-25,29,36-38H,5-14H2,1-4H3/t15-,22-,23+,24-,25+/m1/s1. The zero-order valence-corrected chi connectivity index (χ0v) is 24.6. The number of methoxy groups -OCH3 is 1. The molecule has 0 spiro atoms. The maximum Gasteiger partial charge on any atom is 0.306 e. The Hall–Kier alpha value is -3.42. The van der Waals surface area contributed by atoms with Crippen LogP contribution in [0.25, 0.3) is 0 Å². The monoisotopic (exact) mass is 623 g/mol. The van der Waals surface area contributed by atoms with E-state index in [4.69, 9.17) is 34.1 Å². The van der Waals surface area contributed by atoms with Gasteiger partial charge in [0.2, 0.25) is 17.7 Å². The number of amides is 3. The minimum atomic E-state index is -1.57. The molecule has 1 fully saturated rings. The second-order valence-corrected chi connectivity index (χ2v) is 9.64. The van der Waals surface area contributed by atoms with Gasteiger partial charge < -0.3 is 28.8 Å². The first-order chi connectivity index (χ1) is 20.2. The molecular formula is C25H41N3O15. The third-order valence-electron chi connectivity index (χ3n) is 6.20. The van der Waals surface area contributed by atoms with E-state index < -0.39 is 72.9 Å². The lowest BCUT2D eigenvalue weighted by atomic mass is 9.98. The average molecular weight is 624 g/mol. The zero-order valence-electron chi connectivity index (χ0n) is 24.6. The minimum absolute atomic E-state index is 0.00892. The molecule has 1 aliphatic heterocycles. The summed E-state index contributed by atoms with van der Waals surface area (Å²) in [6.45, 7) is -0.742. The molecule has 0 radical (unpaired) electrons. The topological polar surface area (TPSA) is 239 Å². The van der Waals surface area contributed by atoms with Crippen LogP contribution >= 0.6 is 0 Å². The second kappa shape index (κ2) is 19.0. The molecule has 43 heavy (non-hydrogen) atoms. The van der Waals surface area contributed by atoms with Crippen LogP contribution in [0.5, 0.6) is 0 Å². The largest absolute Gasteiger partial charge is 0.455 e. The highest BCUT2D eigenvalue weighted by molar-refractivity contribution is 5.77. The second-order valence-electron chi connectivity index (χ2n) is 9.64. The van der Waals surface area contributed by atoms with Gasteiger partial charge >= 0.3 is 17.9 Å². The third-order valence-corrected chi connectivity index (χ3v) is 6.20. The lowest BCUT2D eigenvalue weighted by Crippen LogP contribution is -2.62. The smallest absolute Gasteiger partial charge is 0.306 e. The summed E-state index contributed by atoms with van der Waals surface area (Å²) >= 11 is 0. The Kier molecular flexibility index (Phi) is 16.6. The van der Waals surface area contributed by atoms with Crippen molar-refractivity contribution >= 4 is 35.6 Å². The molecule has 0 bridgehead atoms. The number of ether oxygens (including phenoxy) is 5. The van der Waals surface area contributed by atoms with Gasteiger partial charge in [-0.05, 0) is 19.3 Å². The molecule has 246 valence electrons. The highest BCUT2D eigenvalue weighted by Gasteiger charge is 2.52. The lowest BCUT2D eigenvalue weighted by molar-refractivity contribution is -0.303. The van der Waals surface area contributed by atoms with Crippen molar-refractivity contribution in [2.75, 3.05) is 34.9 Å². The van der Waals surface area contributed by atoms with Crippen LogP contribution in [-0.4, -0.2) is 137 Å². The predicted octanol–water partition coefficient (Wildman–Crippen LogP) is -0.861. The number of hydrogen-bond acceptors (Lipinski definition) is 15. The number of aliphatic hydroxyl groups excluding tert-OH is 1. The maximum atomic E-state index is 12.8. The minimum Gasteiger partial charge on any atom is -0.455 e. The van der Waals surface area contributed by atoms with Gasteiger partial charge in [0.1, 0.15) is 6.10 Å². The molecule has 1 heterocycles. The van der Waals surface area contributed by atoms with Crippen molar-refractivity contribution in [3.05, 3.63) is 0 Å². The van der Waals surface area contributed by atoms with Gasteiger partial charge in [-0.15, -0.1) is 0 Å². The van der Waals surface area contributed by atoms with Crippen LogP contribution in [0.3, 0.4) is 0 Å². The number of carbonyl (C=O) groups excluding carboxylic acids is 6. The first-order valence-corrected chi connectivity index (χ1v) is 13.5. The number of carbonyl (C=O) groups is 6. The fourth-order valence-corrected chi connectivity index (χ4v) is 3.89. The Labute approximate surface area is 247 Å². The molecule has 3 amide bonds. The molecule has 1 saturated heterocycles. The van der Waals surface area contributed by atoms with E-state index in [1.165, 1.54) is 7.11 Å². The molecule has 1 aliphatic rings. The Morgan fingerprint density at radius 3 is 1.28 bits per heavy atom. The molecular weight excluding hydrogens is 582 g/mol. The normalized spacial score (nSPS) is 21.3. The van der Waals surface area contributed by atoms with Crippen molar-refractivity contribution < 1.29 is 73.2 Å². The van der Waals surface area contributed by atoms with Gasteiger partial charge in [0.05, 0.1) is 6.61 Å². The highest BCUT2D eigenvalue weighted by Crippen LogP contribution is 2.30. The number of hydrogen-bond donors (Lipinski definition) is 4. The van der Waals surface area contributed by atoms with E-state index in [9.17, 15) is 39.1 Å². The Bertz CT molecular complexity index is 904. The molecule has 1 rings (SSSR count).